The Hall–Kier alpha value is -9.96. The van der Waals surface area contributed by atoms with E-state index in [2.05, 4.69) is 206 Å². The molecule has 4 aliphatic heterocycles. The molecule has 8 aromatic heterocycles. The maximum Gasteiger partial charge on any atom is 0.228 e. The molecule has 8 fully saturated rings. The Bertz CT molecular complexity index is 5520. The summed E-state index contributed by atoms with van der Waals surface area (Å²) in [6.07, 6.45) is 35.7. The van der Waals surface area contributed by atoms with Crippen LogP contribution in [-0.2, 0) is 59.0 Å². The number of piperidine rings is 4. The van der Waals surface area contributed by atoms with E-state index in [9.17, 15) is 33.7 Å². The van der Waals surface area contributed by atoms with Gasteiger partial charge in [0, 0.05) is 125 Å². The summed E-state index contributed by atoms with van der Waals surface area (Å²) in [6.45, 7) is 7.70. The van der Waals surface area contributed by atoms with Crippen molar-refractivity contribution in [2.24, 2.45) is 23.7 Å². The van der Waals surface area contributed by atoms with Gasteiger partial charge in [0.1, 0.15) is 24.3 Å². The molecule has 4 saturated heterocycles. The Morgan fingerprint density at radius 2 is 0.676 bits per heavy atom. The van der Waals surface area contributed by atoms with Crippen LogP contribution in [0.3, 0.4) is 0 Å². The summed E-state index contributed by atoms with van der Waals surface area (Å²) in [5.41, 5.74) is 9.70. The summed E-state index contributed by atoms with van der Waals surface area (Å²) in [5, 5.41) is 13.2. The van der Waals surface area contributed by atoms with Crippen molar-refractivity contribution >= 4 is 91.4 Å². The molecule has 8 aliphatic rings. The van der Waals surface area contributed by atoms with Gasteiger partial charge in [-0.05, 0) is 205 Å². The maximum atomic E-state index is 12.0. The monoisotopic (exact) mass is 1930 g/mol. The van der Waals surface area contributed by atoms with E-state index in [1.165, 1.54) is 60.0 Å². The minimum Gasteiger partial charge on any atom is -0.443 e. The topological polar surface area (TPSA) is 364 Å². The zero-order valence-electron chi connectivity index (χ0n) is 78.2. The number of anilines is 4. The lowest BCUT2D eigenvalue weighted by molar-refractivity contribution is -0.00231. The van der Waals surface area contributed by atoms with Gasteiger partial charge in [0.15, 0.2) is 34.6 Å². The number of pyridine rings is 3. The van der Waals surface area contributed by atoms with E-state index >= 15 is 0 Å². The molecule has 728 valence electrons. The molecule has 32 nitrogen and oxygen atoms in total. The Labute approximate surface area is 799 Å². The smallest absolute Gasteiger partial charge is 0.228 e. The van der Waals surface area contributed by atoms with Crippen LogP contribution in [0.15, 0.2) is 218 Å². The van der Waals surface area contributed by atoms with Crippen molar-refractivity contribution in [3.63, 3.8) is 0 Å². The van der Waals surface area contributed by atoms with Gasteiger partial charge in [-0.3, -0.25) is 0 Å². The van der Waals surface area contributed by atoms with E-state index in [4.69, 9.17) is 23.4 Å². The van der Waals surface area contributed by atoms with Crippen molar-refractivity contribution in [1.29, 1.82) is 0 Å². The van der Waals surface area contributed by atoms with E-state index < -0.39 is 40.1 Å². The van der Waals surface area contributed by atoms with Gasteiger partial charge < -0.3 is 43.0 Å². The van der Waals surface area contributed by atoms with Gasteiger partial charge in [0.2, 0.25) is 46.0 Å². The van der Waals surface area contributed by atoms with Crippen molar-refractivity contribution in [3.8, 4) is 0 Å². The highest BCUT2D eigenvalue weighted by Crippen LogP contribution is 2.41. The fourth-order valence-corrected chi connectivity index (χ4v) is 25.2. The quantitative estimate of drug-likeness (QED) is 0.0354. The Kier molecular flexibility index (Phi) is 32.5. The van der Waals surface area contributed by atoms with Crippen molar-refractivity contribution in [2.45, 2.75) is 201 Å². The van der Waals surface area contributed by atoms with Crippen LogP contribution >= 0.6 is 0 Å². The van der Waals surface area contributed by atoms with Crippen LogP contribution in [0.2, 0.25) is 0 Å². The molecular weight excluding hydrogens is 1800 g/mol. The molecule has 4 aromatic carbocycles. The van der Waals surface area contributed by atoms with Crippen LogP contribution in [0.4, 0.5) is 23.4 Å². The minimum absolute atomic E-state index is 0.0101. The zero-order chi connectivity index (χ0) is 94.2. The van der Waals surface area contributed by atoms with E-state index in [1.54, 1.807) is 29.3 Å². The summed E-state index contributed by atoms with van der Waals surface area (Å²) in [5.74, 6) is 6.06. The van der Waals surface area contributed by atoms with Gasteiger partial charge in [-0.2, -0.15) is 24.3 Å². The number of aromatic nitrogens is 11. The predicted octanol–water partition coefficient (Wildman–Crippen LogP) is 13.4. The van der Waals surface area contributed by atoms with Gasteiger partial charge in [-0.1, -0.05) is 133 Å². The number of ether oxygens (including phenoxy) is 4. The van der Waals surface area contributed by atoms with Crippen LogP contribution in [0.25, 0.3) is 27.9 Å². The average Bonchev–Trinajstić information content (AvgIpc) is 1.52. The molecule has 136 heavy (non-hydrogen) atoms. The third-order valence-electron chi connectivity index (χ3n) is 28.7. The number of hydrogen-bond donors (Lipinski definition) is 4. The maximum absolute atomic E-state index is 12.0. The first-order chi connectivity index (χ1) is 65.8. The molecule has 4 unspecified atom stereocenters. The van der Waals surface area contributed by atoms with Crippen LogP contribution in [0.1, 0.15) is 174 Å². The highest BCUT2D eigenvalue weighted by Gasteiger charge is 2.40. The second-order valence-corrected chi connectivity index (χ2v) is 45.5. The first-order valence-electron chi connectivity index (χ1n) is 48.4. The molecule has 12 aromatic rings. The average molecular weight is 1940 g/mol. The van der Waals surface area contributed by atoms with Crippen molar-refractivity contribution < 1.29 is 57.0 Å². The van der Waals surface area contributed by atoms with Crippen molar-refractivity contribution in [1.82, 2.24) is 72.7 Å². The van der Waals surface area contributed by atoms with E-state index in [0.717, 1.165) is 175 Å². The van der Waals surface area contributed by atoms with Gasteiger partial charge in [-0.25, -0.2) is 82.0 Å². The molecule has 0 bridgehead atoms. The van der Waals surface area contributed by atoms with Gasteiger partial charge >= 0.3 is 0 Å². The third-order valence-corrected chi connectivity index (χ3v) is 31.6. The number of nitrogens with zero attached hydrogens (tertiary/aromatic N) is 15. The number of nitrogens with one attached hydrogen (secondary N) is 4. The molecule has 4 N–H and O–H groups in total. The van der Waals surface area contributed by atoms with Crippen molar-refractivity contribution in [3.05, 3.63) is 236 Å². The molecule has 36 heteroatoms. The third kappa shape index (κ3) is 26.5. The second kappa shape index (κ2) is 45.3. The first-order valence-corrected chi connectivity index (χ1v) is 56.0. The Morgan fingerprint density at radius 1 is 0.324 bits per heavy atom. The van der Waals surface area contributed by atoms with Crippen LogP contribution in [0, 0.1) is 23.7 Å². The highest BCUT2D eigenvalue weighted by atomic mass is 32.2. The lowest BCUT2D eigenvalue weighted by Crippen LogP contribution is -2.53. The molecule has 0 spiro atoms. The molecular formula is C100H131N19O13S4. The second-order valence-electron chi connectivity index (χ2n) is 38.4. The van der Waals surface area contributed by atoms with Crippen LogP contribution in [-0.4, -0.2) is 240 Å². The van der Waals surface area contributed by atoms with Gasteiger partial charge in [0.05, 0.1) is 87.6 Å². The Balaban J connectivity index is 0.000000126. The normalized spacial score (nSPS) is 26.1. The van der Waals surface area contributed by atoms with Crippen LogP contribution < -0.4 is 38.5 Å². The Morgan fingerprint density at radius 3 is 1.09 bits per heavy atom. The SMILES string of the molecule is CS(=O)(=O)N[C@H]1CCN(c2cccc3ccnn23)CC1COC1CCC(c2ccccc2)CC1.CS(=O)(=O)N[C@H]1CCN(c2cccc3ncnn23)CC1COC1CCC(c2ccccc2)CC1.CS(=O)(=O)N[C@H]1CCN(c2nccc3ncnn23)CC1COC1CCC(c2ccccc2)CC1.CS(=O)(=O)N[C@H]1CCN(c2nccc3ocnc23)CC1COC1CCC(c2ccccc2)CC1. The number of oxazole rings is 1. The minimum atomic E-state index is -3.31. The molecule has 4 aliphatic carbocycles. The summed E-state index contributed by atoms with van der Waals surface area (Å²) in [7, 11) is -13.2. The summed E-state index contributed by atoms with van der Waals surface area (Å²) < 4.78 is 144. The lowest BCUT2D eigenvalue weighted by Gasteiger charge is -2.40. The van der Waals surface area contributed by atoms with E-state index in [-0.39, 0.29) is 72.3 Å². The molecule has 4 saturated carbocycles. The van der Waals surface area contributed by atoms with Gasteiger partial charge in [0.25, 0.3) is 0 Å². The molecule has 8 atom stereocenters. The number of rotatable bonds is 28. The fraction of sp³-hybridized carbons (Fsp3) is 0.520. The molecule has 0 amide bonds. The highest BCUT2D eigenvalue weighted by molar-refractivity contribution is 7.89. The summed E-state index contributed by atoms with van der Waals surface area (Å²) in [4.78, 5) is 30.9. The summed E-state index contributed by atoms with van der Waals surface area (Å²) in [6, 6.07) is 60.0. The summed E-state index contributed by atoms with van der Waals surface area (Å²) >= 11 is 0. The number of hydrogen-bond acceptors (Lipinski definition) is 25. The van der Waals surface area contributed by atoms with E-state index in [1.807, 2.05) is 57.7 Å². The standard InChI is InChI=1S/C26H34N4O3S.C25H33N5O3S.C25H32N4O4S.C24H32N6O3S/c1-34(31,32)28-25-15-17-29(26-9-5-8-23-14-16-27-30(23)26)18-22(25)19-33-24-12-10-21(11-13-24)20-6-3-2-4-7-20;1-34(31,32)28-23-14-15-29(25-9-5-8-24-26-18-27-30(24)25)16-21(23)17-33-22-12-10-20(11-13-22)19-6-3-2-4-7-19;1-34(30,31)28-22-12-14-29(25-24-23(11-13-26-25)33-17-27-24)15-20(22)16-32-21-9-7-19(8-10-21)18-5-3-2-4-6-18;1-34(31,32)28-22-12-14-29(24-25-13-11-23-26-17-27-30(23)24)15-20(22)16-33-21-9-7-19(8-10-21)18-5-3-2-4-6-18/h2-9,14,16,21-22,24-25,28H,10-13,15,17-19H2,1H3;2-9,18,20-23,28H,10-17H2,1H3;2*2-6,11,13,17,19-22,28H,7-10,12,14-16H2,1H3/t21?,22?,24?,25-;20?,21?,22?,23-;2*19?,20?,21?,22-/m0000/s1. The van der Waals surface area contributed by atoms with Gasteiger partial charge in [-0.15, -0.1) is 0 Å². The number of fused-ring (bicyclic) bond motifs is 4. The van der Waals surface area contributed by atoms with Crippen molar-refractivity contribution in [2.75, 3.05) is 123 Å². The van der Waals surface area contributed by atoms with Crippen LogP contribution in [0.5, 0.6) is 0 Å². The molecule has 0 radical (unpaired) electrons. The first kappa shape index (κ1) is 97.7. The predicted molar refractivity (Wildman–Crippen MR) is 529 cm³/mol. The number of benzene rings is 4. The molecule has 12 heterocycles. The zero-order valence-corrected chi connectivity index (χ0v) is 81.5. The lowest BCUT2D eigenvalue weighted by atomic mass is 9.82. The van der Waals surface area contributed by atoms with E-state index in [0.29, 0.717) is 108 Å². The largest absolute Gasteiger partial charge is 0.443 e. The fourth-order valence-electron chi connectivity index (χ4n) is 21.7. The number of sulfonamides is 4. The molecule has 20 rings (SSSR count).